The molecule has 2 aromatic rings. The van der Waals surface area contributed by atoms with Gasteiger partial charge in [-0.3, -0.25) is 0 Å². The third-order valence-electron chi connectivity index (χ3n) is 1.56. The van der Waals surface area contributed by atoms with Gasteiger partial charge in [-0.2, -0.15) is 5.26 Å². The molecule has 2 aromatic heterocycles. The van der Waals surface area contributed by atoms with Gasteiger partial charge in [0.2, 0.25) is 0 Å². The summed E-state index contributed by atoms with van der Waals surface area (Å²) < 4.78 is 5.07. The van der Waals surface area contributed by atoms with Gasteiger partial charge in [-0.15, -0.1) is 0 Å². The molecule has 4 heteroatoms. The zero-order valence-corrected chi connectivity index (χ0v) is 6.67. The topological polar surface area (TPSA) is 49.8 Å². The molecule has 0 aromatic carbocycles. The zero-order valence-electron chi connectivity index (χ0n) is 5.91. The average Bonchev–Trinajstić information content (AvgIpc) is 2.54. The van der Waals surface area contributed by atoms with E-state index >= 15 is 0 Å². The fourth-order valence-electron chi connectivity index (χ4n) is 1.01. The van der Waals surface area contributed by atoms with Crippen molar-refractivity contribution in [1.82, 2.24) is 4.98 Å². The Hall–Kier alpha value is -1.53. The van der Waals surface area contributed by atoms with Crippen LogP contribution in [0, 0.1) is 11.3 Å². The predicted octanol–water partition coefficient (Wildman–Crippen LogP) is 2.35. The maximum atomic E-state index is 8.65. The molecule has 2 rings (SSSR count). The van der Waals surface area contributed by atoms with Gasteiger partial charge in [0.1, 0.15) is 16.8 Å². The van der Waals surface area contributed by atoms with Crippen LogP contribution in [-0.4, -0.2) is 4.98 Å². The van der Waals surface area contributed by atoms with Crippen LogP contribution in [0.1, 0.15) is 5.56 Å². The minimum Gasteiger partial charge on any atom is -0.463 e. The molecule has 0 spiro atoms. The molecular weight excluding hydrogens is 176 g/mol. The van der Waals surface area contributed by atoms with E-state index in [1.54, 1.807) is 6.07 Å². The van der Waals surface area contributed by atoms with Gasteiger partial charge in [0, 0.05) is 0 Å². The van der Waals surface area contributed by atoms with Crippen molar-refractivity contribution < 1.29 is 4.42 Å². The number of pyridine rings is 1. The molecule has 0 unspecified atom stereocenters. The Labute approximate surface area is 73.2 Å². The summed E-state index contributed by atoms with van der Waals surface area (Å²) in [6.45, 7) is 0. The quantitative estimate of drug-likeness (QED) is 0.582. The lowest BCUT2D eigenvalue weighted by Crippen LogP contribution is -1.80. The highest BCUT2D eigenvalue weighted by Crippen LogP contribution is 2.24. The first-order chi connectivity index (χ1) is 5.83. The van der Waals surface area contributed by atoms with E-state index < -0.39 is 0 Å². The second kappa shape index (κ2) is 2.50. The number of halogens is 1. The molecule has 0 saturated carbocycles. The standard InChI is InChI=1S/C8H3ClN2O/c9-8-6-1-2-12-7(6)5(3-10)4-11-8/h1-2,4H. The van der Waals surface area contributed by atoms with Crippen molar-refractivity contribution in [1.29, 1.82) is 5.26 Å². The molecule has 0 aliphatic carbocycles. The number of hydrogen-bond donors (Lipinski definition) is 0. The number of hydrogen-bond acceptors (Lipinski definition) is 3. The number of rotatable bonds is 0. The molecule has 58 valence electrons. The number of fused-ring (bicyclic) bond motifs is 1. The number of nitrogens with zero attached hydrogens (tertiary/aromatic N) is 2. The Morgan fingerprint density at radius 3 is 3.17 bits per heavy atom. The van der Waals surface area contributed by atoms with E-state index in [2.05, 4.69) is 4.98 Å². The molecule has 0 aliphatic heterocycles. The highest BCUT2D eigenvalue weighted by atomic mass is 35.5. The molecule has 0 saturated heterocycles. The van der Waals surface area contributed by atoms with Crippen molar-refractivity contribution >= 4 is 22.6 Å². The van der Waals surface area contributed by atoms with Gasteiger partial charge < -0.3 is 4.42 Å². The number of nitriles is 1. The van der Waals surface area contributed by atoms with Gasteiger partial charge >= 0.3 is 0 Å². The van der Waals surface area contributed by atoms with Gasteiger partial charge in [0.05, 0.1) is 17.8 Å². The monoisotopic (exact) mass is 178 g/mol. The smallest absolute Gasteiger partial charge is 0.156 e. The van der Waals surface area contributed by atoms with E-state index in [4.69, 9.17) is 21.3 Å². The van der Waals surface area contributed by atoms with E-state index in [-0.39, 0.29) is 0 Å². The summed E-state index contributed by atoms with van der Waals surface area (Å²) in [7, 11) is 0. The number of aromatic nitrogens is 1. The fraction of sp³-hybridized carbons (Fsp3) is 0. The summed E-state index contributed by atoms with van der Waals surface area (Å²) >= 11 is 5.75. The number of furan rings is 1. The lowest BCUT2D eigenvalue weighted by molar-refractivity contribution is 0.614. The molecule has 0 aliphatic rings. The third kappa shape index (κ3) is 0.858. The summed E-state index contributed by atoms with van der Waals surface area (Å²) in [6.07, 6.45) is 2.88. The van der Waals surface area contributed by atoms with Crippen molar-refractivity contribution in [2.24, 2.45) is 0 Å². The average molecular weight is 179 g/mol. The van der Waals surface area contributed by atoms with Crippen LogP contribution < -0.4 is 0 Å². The first-order valence-corrected chi connectivity index (χ1v) is 3.62. The van der Waals surface area contributed by atoms with Crippen molar-refractivity contribution in [3.63, 3.8) is 0 Å². The zero-order chi connectivity index (χ0) is 8.55. The van der Waals surface area contributed by atoms with Crippen LogP contribution in [0.15, 0.2) is 22.9 Å². The van der Waals surface area contributed by atoms with E-state index in [0.717, 1.165) is 0 Å². The molecule has 2 heterocycles. The summed E-state index contributed by atoms with van der Waals surface area (Å²) in [5.74, 6) is 0. The summed E-state index contributed by atoms with van der Waals surface area (Å²) in [4.78, 5) is 3.83. The Morgan fingerprint density at radius 1 is 1.58 bits per heavy atom. The molecular formula is C8H3ClN2O. The summed E-state index contributed by atoms with van der Waals surface area (Å²) in [6, 6.07) is 3.65. The Balaban J connectivity index is 2.94. The third-order valence-corrected chi connectivity index (χ3v) is 1.86. The van der Waals surface area contributed by atoms with Crippen molar-refractivity contribution in [2.75, 3.05) is 0 Å². The van der Waals surface area contributed by atoms with Crippen molar-refractivity contribution in [2.45, 2.75) is 0 Å². The molecule has 0 fully saturated rings. The summed E-state index contributed by atoms with van der Waals surface area (Å²) in [5.41, 5.74) is 0.900. The maximum Gasteiger partial charge on any atom is 0.156 e. The van der Waals surface area contributed by atoms with Crippen molar-refractivity contribution in [3.05, 3.63) is 29.2 Å². The van der Waals surface area contributed by atoms with Gasteiger partial charge in [0.25, 0.3) is 0 Å². The first-order valence-electron chi connectivity index (χ1n) is 3.24. The second-order valence-corrected chi connectivity index (χ2v) is 2.60. The molecule has 0 radical (unpaired) electrons. The molecule has 0 bridgehead atoms. The highest BCUT2D eigenvalue weighted by Gasteiger charge is 2.07. The van der Waals surface area contributed by atoms with Gasteiger partial charge in [0.15, 0.2) is 5.58 Å². The predicted molar refractivity (Wildman–Crippen MR) is 43.7 cm³/mol. The van der Waals surface area contributed by atoms with Crippen LogP contribution in [0.4, 0.5) is 0 Å². The van der Waals surface area contributed by atoms with Gasteiger partial charge in [-0.25, -0.2) is 4.98 Å². The van der Waals surface area contributed by atoms with Gasteiger partial charge in [-0.1, -0.05) is 11.6 Å². The molecule has 12 heavy (non-hydrogen) atoms. The lowest BCUT2D eigenvalue weighted by atomic mass is 10.2. The van der Waals surface area contributed by atoms with Crippen LogP contribution in [0.25, 0.3) is 11.0 Å². The largest absolute Gasteiger partial charge is 0.463 e. The lowest BCUT2D eigenvalue weighted by Gasteiger charge is -1.92. The Morgan fingerprint density at radius 2 is 2.42 bits per heavy atom. The Bertz CT molecular complexity index is 469. The Kier molecular flexibility index (Phi) is 1.49. The minimum absolute atomic E-state index is 0.359. The van der Waals surface area contributed by atoms with Crippen LogP contribution in [0.5, 0.6) is 0 Å². The SMILES string of the molecule is N#Cc1cnc(Cl)c2ccoc12. The fourth-order valence-corrected chi connectivity index (χ4v) is 1.21. The molecule has 0 atom stereocenters. The van der Waals surface area contributed by atoms with Crippen LogP contribution in [0.3, 0.4) is 0 Å². The first kappa shape index (κ1) is 7.14. The van der Waals surface area contributed by atoms with Crippen molar-refractivity contribution in [3.8, 4) is 6.07 Å². The summed E-state index contributed by atoms with van der Waals surface area (Å²) in [5, 5.41) is 9.69. The highest BCUT2D eigenvalue weighted by molar-refractivity contribution is 6.34. The molecule has 3 nitrogen and oxygen atoms in total. The molecule has 0 amide bonds. The van der Waals surface area contributed by atoms with E-state index in [0.29, 0.717) is 21.7 Å². The minimum atomic E-state index is 0.359. The van der Waals surface area contributed by atoms with E-state index in [9.17, 15) is 0 Å². The molecule has 0 N–H and O–H groups in total. The van der Waals surface area contributed by atoms with Gasteiger partial charge in [-0.05, 0) is 6.07 Å². The van der Waals surface area contributed by atoms with Crippen LogP contribution >= 0.6 is 11.6 Å². The second-order valence-electron chi connectivity index (χ2n) is 2.24. The van der Waals surface area contributed by atoms with Crippen LogP contribution in [0.2, 0.25) is 5.15 Å². The van der Waals surface area contributed by atoms with E-state index in [1.165, 1.54) is 12.5 Å². The van der Waals surface area contributed by atoms with E-state index in [1.807, 2.05) is 6.07 Å². The van der Waals surface area contributed by atoms with Crippen LogP contribution in [-0.2, 0) is 0 Å². The maximum absolute atomic E-state index is 8.65. The normalized spacial score (nSPS) is 10.0.